The molecule has 33 heavy (non-hydrogen) atoms. The normalized spacial score (nSPS) is 18.7. The average Bonchev–Trinajstić information content (AvgIpc) is 3.25. The highest BCUT2D eigenvalue weighted by Crippen LogP contribution is 2.39. The fourth-order valence-electron chi connectivity index (χ4n) is 3.68. The molecular weight excluding hydrogens is 466 g/mol. The molecule has 4 rings (SSSR count). The maximum atomic E-state index is 12.6. The van der Waals surface area contributed by atoms with Crippen molar-refractivity contribution >= 4 is 27.3 Å². The van der Waals surface area contributed by atoms with Gasteiger partial charge in [-0.15, -0.1) is 5.10 Å². The molecule has 1 unspecified atom stereocenters. The van der Waals surface area contributed by atoms with Crippen molar-refractivity contribution in [3.05, 3.63) is 64.2 Å². The summed E-state index contributed by atoms with van der Waals surface area (Å²) in [5.41, 5.74) is 2.29. The lowest BCUT2D eigenvalue weighted by Gasteiger charge is -2.36. The Bertz CT molecular complexity index is 1340. The standard InChI is InChI=1S/C21H20ClN7O3S/c1-12(15-9-24-21(25-10-15)33(2,31)32)29-11-19(27-28-29)20(30)26-17-5-14(6-17)18-7-16(22)4-3-13(18)8-23/h3-4,7,9-12,14,17H,5-6H2,1-2H3,(H,26,30)/t12?,14-,17+. The molecule has 0 bridgehead atoms. The van der Waals surface area contributed by atoms with E-state index in [2.05, 4.69) is 31.7 Å². The molecule has 1 aliphatic carbocycles. The van der Waals surface area contributed by atoms with Gasteiger partial charge in [-0.3, -0.25) is 4.79 Å². The lowest BCUT2D eigenvalue weighted by molar-refractivity contribution is 0.0903. The Hall–Kier alpha value is -3.36. The van der Waals surface area contributed by atoms with Crippen LogP contribution in [-0.4, -0.2) is 51.6 Å². The highest BCUT2D eigenvalue weighted by molar-refractivity contribution is 7.90. The predicted octanol–water partition coefficient (Wildman–Crippen LogP) is 2.28. The van der Waals surface area contributed by atoms with Crippen LogP contribution in [0.2, 0.25) is 5.02 Å². The number of halogens is 1. The third-order valence-corrected chi connectivity index (χ3v) is 6.76. The van der Waals surface area contributed by atoms with Gasteiger partial charge in [-0.2, -0.15) is 5.26 Å². The first-order valence-electron chi connectivity index (χ1n) is 10.1. The number of amides is 1. The van der Waals surface area contributed by atoms with E-state index in [4.69, 9.17) is 11.6 Å². The predicted molar refractivity (Wildman–Crippen MR) is 118 cm³/mol. The largest absolute Gasteiger partial charge is 0.348 e. The molecule has 2 aromatic heterocycles. The number of hydrogen-bond donors (Lipinski definition) is 1. The molecule has 3 aromatic rings. The van der Waals surface area contributed by atoms with E-state index >= 15 is 0 Å². The van der Waals surface area contributed by atoms with Crippen LogP contribution in [0.15, 0.2) is 41.9 Å². The number of rotatable bonds is 6. The summed E-state index contributed by atoms with van der Waals surface area (Å²) in [6, 6.07) is 7.01. The number of benzene rings is 1. The smallest absolute Gasteiger partial charge is 0.273 e. The first kappa shape index (κ1) is 22.8. The minimum absolute atomic E-state index is 0.0347. The van der Waals surface area contributed by atoms with Gasteiger partial charge in [0.25, 0.3) is 5.91 Å². The third-order valence-electron chi connectivity index (χ3n) is 5.65. The topological polar surface area (TPSA) is 144 Å². The number of carbonyl (C=O) groups excluding carboxylic acids is 1. The van der Waals surface area contributed by atoms with Crippen LogP contribution in [0.25, 0.3) is 0 Å². The number of nitriles is 1. The van der Waals surface area contributed by atoms with Gasteiger partial charge in [-0.1, -0.05) is 16.8 Å². The Balaban J connectivity index is 1.37. The average molecular weight is 486 g/mol. The van der Waals surface area contributed by atoms with Crippen molar-refractivity contribution in [2.45, 2.75) is 42.9 Å². The molecule has 12 heteroatoms. The van der Waals surface area contributed by atoms with E-state index in [1.807, 2.05) is 13.0 Å². The summed E-state index contributed by atoms with van der Waals surface area (Å²) in [6.45, 7) is 1.81. The molecule has 1 N–H and O–H groups in total. The quantitative estimate of drug-likeness (QED) is 0.523. The van der Waals surface area contributed by atoms with E-state index in [-0.39, 0.29) is 34.8 Å². The van der Waals surface area contributed by atoms with Crippen molar-refractivity contribution < 1.29 is 13.2 Å². The molecule has 0 radical (unpaired) electrons. The second-order valence-electron chi connectivity index (χ2n) is 8.01. The number of sulfone groups is 1. The van der Waals surface area contributed by atoms with Gasteiger partial charge in [-0.05, 0) is 49.4 Å². The van der Waals surface area contributed by atoms with Crippen molar-refractivity contribution in [1.29, 1.82) is 5.26 Å². The molecule has 1 amide bonds. The van der Waals surface area contributed by atoms with Crippen molar-refractivity contribution in [3.63, 3.8) is 0 Å². The van der Waals surface area contributed by atoms with Crippen LogP contribution in [0, 0.1) is 11.3 Å². The Morgan fingerprint density at radius 1 is 1.30 bits per heavy atom. The number of nitrogens with zero attached hydrogens (tertiary/aromatic N) is 6. The first-order valence-corrected chi connectivity index (χ1v) is 12.4. The summed E-state index contributed by atoms with van der Waals surface area (Å²) in [5.74, 6) is -0.179. The maximum absolute atomic E-state index is 12.6. The number of hydrogen-bond acceptors (Lipinski definition) is 8. The molecule has 1 saturated carbocycles. The second kappa shape index (κ2) is 8.88. The van der Waals surface area contributed by atoms with Gasteiger partial charge in [0.1, 0.15) is 0 Å². The molecule has 170 valence electrons. The number of aromatic nitrogens is 5. The molecule has 0 saturated heterocycles. The van der Waals surface area contributed by atoms with E-state index < -0.39 is 9.84 Å². The summed E-state index contributed by atoms with van der Waals surface area (Å²) >= 11 is 6.07. The summed E-state index contributed by atoms with van der Waals surface area (Å²) in [6.07, 6.45) is 6.79. The van der Waals surface area contributed by atoms with Crippen LogP contribution in [0.3, 0.4) is 0 Å². The Kier molecular flexibility index (Phi) is 6.14. The zero-order valence-electron chi connectivity index (χ0n) is 17.8. The fraction of sp³-hybridized carbons (Fsp3) is 0.333. The molecule has 0 spiro atoms. The summed E-state index contributed by atoms with van der Waals surface area (Å²) < 4.78 is 24.5. The van der Waals surface area contributed by atoms with Crippen LogP contribution >= 0.6 is 11.6 Å². The van der Waals surface area contributed by atoms with Gasteiger partial charge in [-0.25, -0.2) is 23.1 Å². The van der Waals surface area contributed by atoms with E-state index in [9.17, 15) is 18.5 Å². The van der Waals surface area contributed by atoms with Crippen molar-refractivity contribution in [2.24, 2.45) is 0 Å². The zero-order valence-corrected chi connectivity index (χ0v) is 19.4. The van der Waals surface area contributed by atoms with Crippen LogP contribution in [0.5, 0.6) is 0 Å². The van der Waals surface area contributed by atoms with Crippen LogP contribution in [0.4, 0.5) is 0 Å². The first-order chi connectivity index (χ1) is 15.7. The van der Waals surface area contributed by atoms with E-state index in [1.54, 1.807) is 12.1 Å². The van der Waals surface area contributed by atoms with Gasteiger partial charge in [0.05, 0.1) is 23.9 Å². The van der Waals surface area contributed by atoms with E-state index in [0.717, 1.165) is 11.8 Å². The highest BCUT2D eigenvalue weighted by atomic mass is 35.5. The second-order valence-corrected chi connectivity index (χ2v) is 10.4. The maximum Gasteiger partial charge on any atom is 0.273 e. The molecule has 2 heterocycles. The minimum Gasteiger partial charge on any atom is -0.348 e. The molecule has 1 aromatic carbocycles. The molecule has 1 fully saturated rings. The van der Waals surface area contributed by atoms with Gasteiger partial charge >= 0.3 is 0 Å². The Morgan fingerprint density at radius 3 is 2.64 bits per heavy atom. The minimum atomic E-state index is -3.49. The van der Waals surface area contributed by atoms with Crippen molar-refractivity contribution in [1.82, 2.24) is 30.3 Å². The summed E-state index contributed by atoms with van der Waals surface area (Å²) in [4.78, 5) is 20.4. The number of nitrogens with one attached hydrogen (secondary N) is 1. The lowest BCUT2D eigenvalue weighted by atomic mass is 9.74. The van der Waals surface area contributed by atoms with Crippen LogP contribution in [0.1, 0.15) is 58.9 Å². The SMILES string of the molecule is CC(c1cnc(S(C)(=O)=O)nc1)n1cc(C(=O)N[C@H]2C[C@@H](c3cc(Cl)ccc3C#N)C2)nn1. The fourth-order valence-corrected chi connectivity index (χ4v) is 4.35. The molecular formula is C21H20ClN7O3S. The van der Waals surface area contributed by atoms with E-state index in [0.29, 0.717) is 29.0 Å². The van der Waals surface area contributed by atoms with Crippen LogP contribution < -0.4 is 5.32 Å². The molecule has 0 aliphatic heterocycles. The van der Waals surface area contributed by atoms with Gasteiger partial charge in [0.2, 0.25) is 15.0 Å². The van der Waals surface area contributed by atoms with Gasteiger partial charge in [0, 0.05) is 35.3 Å². The third kappa shape index (κ3) is 4.86. The zero-order chi connectivity index (χ0) is 23.8. The van der Waals surface area contributed by atoms with Crippen molar-refractivity contribution in [3.8, 4) is 6.07 Å². The Morgan fingerprint density at radius 2 is 2.00 bits per heavy atom. The van der Waals surface area contributed by atoms with Crippen LogP contribution in [-0.2, 0) is 9.84 Å². The summed E-state index contributed by atoms with van der Waals surface area (Å²) in [7, 11) is -3.49. The lowest BCUT2D eigenvalue weighted by Crippen LogP contribution is -2.43. The van der Waals surface area contributed by atoms with E-state index in [1.165, 1.54) is 23.3 Å². The highest BCUT2D eigenvalue weighted by Gasteiger charge is 2.33. The van der Waals surface area contributed by atoms with Gasteiger partial charge < -0.3 is 5.32 Å². The molecule has 1 atom stereocenters. The molecule has 10 nitrogen and oxygen atoms in total. The Labute approximate surface area is 195 Å². The van der Waals surface area contributed by atoms with Crippen molar-refractivity contribution in [2.75, 3.05) is 6.26 Å². The number of carbonyl (C=O) groups is 1. The summed E-state index contributed by atoms with van der Waals surface area (Å²) in [5, 5.41) is 20.5. The monoisotopic (exact) mass is 485 g/mol. The van der Waals surface area contributed by atoms with Gasteiger partial charge in [0.15, 0.2) is 5.69 Å². The molecule has 1 aliphatic rings.